The fraction of sp³-hybridized carbons (Fsp3) is 0.457. The largest absolute Gasteiger partial charge is 0.372 e. The molecule has 0 saturated carbocycles. The van der Waals surface area contributed by atoms with Crippen LogP contribution in [-0.4, -0.2) is 66.0 Å². The van der Waals surface area contributed by atoms with Crippen molar-refractivity contribution >= 4 is 29.2 Å². The van der Waals surface area contributed by atoms with Crippen LogP contribution >= 0.6 is 0 Å². The van der Waals surface area contributed by atoms with Crippen molar-refractivity contribution in [2.75, 3.05) is 32.7 Å². The van der Waals surface area contributed by atoms with Gasteiger partial charge in [0.2, 0.25) is 5.91 Å². The molecule has 4 rings (SSSR count). The highest BCUT2D eigenvalue weighted by Crippen LogP contribution is 2.24. The standard InChI is InChI=1S/C35H44FN5O3/c1-3-18-37-34(43)15-9-7-5-4-6-8-12-26(2)40-19-21-41(22-20-40)35(44)30-23-27(16-17-31(30)36)24-32-28-13-10-11-14-29(28)33(25-42)39-38-32/h10-11,13-14,16-17,23,39H,2-9,12,15,18-22,24H2,1H3,(H,37,43). The van der Waals surface area contributed by atoms with E-state index >= 15 is 0 Å². The van der Waals surface area contributed by atoms with Crippen LogP contribution in [-0.2, 0) is 16.0 Å². The number of nitrogens with one attached hydrogen (secondary N) is 2. The van der Waals surface area contributed by atoms with Crippen LogP contribution in [0.25, 0.3) is 5.70 Å². The predicted octanol–water partition coefficient (Wildman–Crippen LogP) is 5.47. The lowest BCUT2D eigenvalue weighted by molar-refractivity contribution is -0.121. The van der Waals surface area contributed by atoms with Crippen LogP contribution in [0.1, 0.15) is 91.8 Å². The summed E-state index contributed by atoms with van der Waals surface area (Å²) in [6, 6.07) is 12.0. The predicted molar refractivity (Wildman–Crippen MR) is 172 cm³/mol. The molecule has 2 aromatic rings. The van der Waals surface area contributed by atoms with Gasteiger partial charge in [0.25, 0.3) is 5.91 Å². The summed E-state index contributed by atoms with van der Waals surface area (Å²) in [5.41, 5.74) is 7.15. The van der Waals surface area contributed by atoms with Crippen LogP contribution in [0.4, 0.5) is 4.39 Å². The molecule has 2 aliphatic rings. The second-order valence-corrected chi connectivity index (χ2v) is 11.5. The van der Waals surface area contributed by atoms with Crippen LogP contribution in [0.3, 0.4) is 0 Å². The topological polar surface area (TPSA) is 94.1 Å². The lowest BCUT2D eigenvalue weighted by Gasteiger charge is -2.37. The first-order valence-electron chi connectivity index (χ1n) is 15.9. The number of hydrazone groups is 1. The molecular formula is C35H44FN5O3. The monoisotopic (exact) mass is 601 g/mol. The number of halogens is 1. The first-order chi connectivity index (χ1) is 21.4. The second kappa shape index (κ2) is 16.6. The number of rotatable bonds is 15. The van der Waals surface area contributed by atoms with Crippen molar-refractivity contribution in [3.05, 3.63) is 82.8 Å². The molecule has 2 heterocycles. The molecule has 2 N–H and O–H groups in total. The zero-order valence-corrected chi connectivity index (χ0v) is 25.8. The molecule has 234 valence electrons. The van der Waals surface area contributed by atoms with Crippen molar-refractivity contribution in [3.8, 4) is 0 Å². The molecule has 1 fully saturated rings. The van der Waals surface area contributed by atoms with Gasteiger partial charge >= 0.3 is 0 Å². The quantitative estimate of drug-likeness (QED) is 0.209. The zero-order valence-electron chi connectivity index (χ0n) is 25.8. The molecule has 8 nitrogen and oxygen atoms in total. The summed E-state index contributed by atoms with van der Waals surface area (Å²) in [6.45, 7) is 9.48. The minimum atomic E-state index is -0.541. The van der Waals surface area contributed by atoms with E-state index in [4.69, 9.17) is 0 Å². The number of carbonyl (C=O) groups is 2. The highest BCUT2D eigenvalue weighted by Gasteiger charge is 2.25. The molecule has 2 aromatic carbocycles. The maximum absolute atomic E-state index is 14.9. The van der Waals surface area contributed by atoms with Crippen molar-refractivity contribution in [2.45, 2.75) is 71.1 Å². The molecular weight excluding hydrogens is 557 g/mol. The van der Waals surface area contributed by atoms with Gasteiger partial charge in [0, 0.05) is 62.4 Å². The lowest BCUT2D eigenvalue weighted by Crippen LogP contribution is -2.48. The van der Waals surface area contributed by atoms with Gasteiger partial charge in [-0.3, -0.25) is 15.0 Å². The van der Waals surface area contributed by atoms with Gasteiger partial charge in [-0.2, -0.15) is 5.10 Å². The fourth-order valence-corrected chi connectivity index (χ4v) is 5.68. The summed E-state index contributed by atoms with van der Waals surface area (Å²) < 4.78 is 14.9. The number of hydrogen-bond donors (Lipinski definition) is 2. The molecule has 2 amide bonds. The Morgan fingerprint density at radius 2 is 1.61 bits per heavy atom. The number of amides is 2. The number of fused-ring (bicyclic) bond motifs is 1. The molecule has 44 heavy (non-hydrogen) atoms. The van der Waals surface area contributed by atoms with Gasteiger partial charge in [0.1, 0.15) is 11.5 Å². The smallest absolute Gasteiger partial charge is 0.256 e. The number of unbranched alkanes of at least 4 members (excludes halogenated alkanes) is 5. The van der Waals surface area contributed by atoms with Gasteiger partial charge in [0.15, 0.2) is 5.94 Å². The van der Waals surface area contributed by atoms with Gasteiger partial charge in [-0.1, -0.05) is 69.5 Å². The first-order valence-corrected chi connectivity index (χ1v) is 15.9. The Morgan fingerprint density at radius 1 is 0.955 bits per heavy atom. The van der Waals surface area contributed by atoms with E-state index in [0.717, 1.165) is 74.7 Å². The van der Waals surface area contributed by atoms with Crippen LogP contribution < -0.4 is 10.7 Å². The molecule has 0 unspecified atom stereocenters. The Morgan fingerprint density at radius 3 is 2.32 bits per heavy atom. The number of piperazine rings is 1. The van der Waals surface area contributed by atoms with Gasteiger partial charge in [-0.05, 0) is 43.4 Å². The lowest BCUT2D eigenvalue weighted by atomic mass is 9.94. The molecule has 0 spiro atoms. The zero-order chi connectivity index (χ0) is 31.3. The Balaban J connectivity index is 1.20. The van der Waals surface area contributed by atoms with E-state index in [1.54, 1.807) is 17.0 Å². The number of carbonyl (C=O) groups excluding carboxylic acids is 3. The summed E-state index contributed by atoms with van der Waals surface area (Å²) in [5, 5.41) is 7.26. The number of nitrogens with zero attached hydrogens (tertiary/aromatic N) is 3. The van der Waals surface area contributed by atoms with Crippen LogP contribution in [0, 0.1) is 5.82 Å². The average Bonchev–Trinajstić information content (AvgIpc) is 3.05. The highest BCUT2D eigenvalue weighted by molar-refractivity contribution is 6.09. The normalized spacial score (nSPS) is 14.3. The maximum Gasteiger partial charge on any atom is 0.256 e. The van der Waals surface area contributed by atoms with E-state index in [1.807, 2.05) is 30.2 Å². The third-order valence-corrected chi connectivity index (χ3v) is 8.25. The van der Waals surface area contributed by atoms with Gasteiger partial charge < -0.3 is 15.1 Å². The van der Waals surface area contributed by atoms with E-state index in [-0.39, 0.29) is 23.1 Å². The average molecular weight is 602 g/mol. The van der Waals surface area contributed by atoms with Crippen molar-refractivity contribution in [1.29, 1.82) is 0 Å². The third-order valence-electron chi connectivity index (χ3n) is 8.25. The molecule has 0 bridgehead atoms. The highest BCUT2D eigenvalue weighted by atomic mass is 19.1. The Labute approximate surface area is 260 Å². The van der Waals surface area contributed by atoms with E-state index in [9.17, 15) is 18.8 Å². The number of hydrogen-bond acceptors (Lipinski definition) is 6. The Kier molecular flexibility index (Phi) is 12.3. The number of allylic oxidation sites excluding steroid dienone is 1. The second-order valence-electron chi connectivity index (χ2n) is 11.5. The molecule has 1 saturated heterocycles. The molecule has 9 heteroatoms. The molecule has 0 aliphatic carbocycles. The summed E-state index contributed by atoms with van der Waals surface area (Å²) in [4.78, 5) is 40.3. The van der Waals surface area contributed by atoms with E-state index < -0.39 is 5.82 Å². The molecule has 0 radical (unpaired) electrons. The van der Waals surface area contributed by atoms with Gasteiger partial charge in [0.05, 0.1) is 11.3 Å². The summed E-state index contributed by atoms with van der Waals surface area (Å²) in [5.74, 6) is 1.19. The number of benzene rings is 2. The van der Waals surface area contributed by atoms with E-state index in [2.05, 4.69) is 34.2 Å². The van der Waals surface area contributed by atoms with E-state index in [0.29, 0.717) is 50.3 Å². The van der Waals surface area contributed by atoms with Gasteiger partial charge in [-0.25, -0.2) is 9.18 Å². The van der Waals surface area contributed by atoms with Gasteiger partial charge in [-0.15, -0.1) is 0 Å². The van der Waals surface area contributed by atoms with Crippen LogP contribution in [0.2, 0.25) is 0 Å². The van der Waals surface area contributed by atoms with Crippen molar-refractivity contribution in [2.24, 2.45) is 5.10 Å². The minimum Gasteiger partial charge on any atom is -0.372 e. The Bertz CT molecular complexity index is 1410. The minimum absolute atomic E-state index is 0.0579. The molecule has 0 aromatic heterocycles. The van der Waals surface area contributed by atoms with Crippen molar-refractivity contribution < 1.29 is 18.8 Å². The molecule has 0 atom stereocenters. The summed E-state index contributed by atoms with van der Waals surface area (Å²) in [7, 11) is 0. The molecule has 2 aliphatic heterocycles. The Hall–Kier alpha value is -4.23. The summed E-state index contributed by atoms with van der Waals surface area (Å²) >= 11 is 0. The first kappa shape index (κ1) is 32.7. The van der Waals surface area contributed by atoms with Crippen LogP contribution in [0.15, 0.2) is 59.8 Å². The fourth-order valence-electron chi connectivity index (χ4n) is 5.68. The van der Waals surface area contributed by atoms with Crippen LogP contribution in [0.5, 0.6) is 0 Å². The van der Waals surface area contributed by atoms with Crippen molar-refractivity contribution in [1.82, 2.24) is 20.5 Å². The maximum atomic E-state index is 14.9. The summed E-state index contributed by atoms with van der Waals surface area (Å²) in [6.07, 6.45) is 9.43. The SMILES string of the molecule is C=C(CCCCCCCCC(=O)NCCC)N1CCN(C(=O)c2cc(CC3=NNC(=C=O)c4ccccc43)ccc2F)CC1. The van der Waals surface area contributed by atoms with E-state index in [1.165, 1.54) is 6.07 Å². The third kappa shape index (κ3) is 8.89. The van der Waals surface area contributed by atoms with Crippen molar-refractivity contribution in [3.63, 3.8) is 0 Å².